The van der Waals surface area contributed by atoms with E-state index in [1.807, 2.05) is 6.07 Å². The van der Waals surface area contributed by atoms with Crippen molar-refractivity contribution in [1.82, 2.24) is 0 Å². The molecule has 0 unspecified atom stereocenters. The molecule has 2 nitrogen and oxygen atoms in total. The minimum Gasteiger partial charge on any atom is -0.346 e. The maximum Gasteiger partial charge on any atom is 0.417 e. The minimum atomic E-state index is -4.60. The van der Waals surface area contributed by atoms with Crippen LogP contribution in [0.3, 0.4) is 0 Å². The molecule has 0 N–H and O–H groups in total. The summed E-state index contributed by atoms with van der Waals surface area (Å²) in [5.74, 6) is -1.44. The SMILES string of the molecule is Cc1cc([C@@]2(C)[C@H](C#N)O[C@@](C)(C(F)(F)F)[C@H]2C)ccc1F. The molecular formula is C16H17F4NO. The van der Waals surface area contributed by atoms with E-state index in [0.717, 1.165) is 6.92 Å². The highest BCUT2D eigenvalue weighted by Crippen LogP contribution is 2.56. The third kappa shape index (κ3) is 2.11. The Morgan fingerprint density at radius 1 is 1.27 bits per heavy atom. The maximum absolute atomic E-state index is 13.5. The molecule has 0 radical (unpaired) electrons. The average molecular weight is 315 g/mol. The Bertz CT molecular complexity index is 636. The van der Waals surface area contributed by atoms with E-state index in [2.05, 4.69) is 0 Å². The number of rotatable bonds is 1. The highest BCUT2D eigenvalue weighted by molar-refractivity contribution is 5.37. The summed E-state index contributed by atoms with van der Waals surface area (Å²) in [6.45, 7) is 5.48. The van der Waals surface area contributed by atoms with E-state index < -0.39 is 35.0 Å². The predicted molar refractivity (Wildman–Crippen MR) is 72.6 cm³/mol. The van der Waals surface area contributed by atoms with Crippen LogP contribution in [0.4, 0.5) is 17.6 Å². The van der Waals surface area contributed by atoms with Crippen molar-refractivity contribution < 1.29 is 22.3 Å². The van der Waals surface area contributed by atoms with Crippen LogP contribution in [0.2, 0.25) is 0 Å². The molecule has 2 rings (SSSR count). The number of ether oxygens (including phenoxy) is 1. The van der Waals surface area contributed by atoms with Gasteiger partial charge in [0.15, 0.2) is 11.7 Å². The number of benzene rings is 1. The smallest absolute Gasteiger partial charge is 0.346 e. The van der Waals surface area contributed by atoms with Crippen LogP contribution < -0.4 is 0 Å². The molecule has 1 saturated heterocycles. The van der Waals surface area contributed by atoms with Crippen LogP contribution in [0, 0.1) is 30.0 Å². The van der Waals surface area contributed by atoms with Crippen molar-refractivity contribution in [1.29, 1.82) is 5.26 Å². The van der Waals surface area contributed by atoms with E-state index in [4.69, 9.17) is 4.74 Å². The van der Waals surface area contributed by atoms with Gasteiger partial charge in [-0.15, -0.1) is 0 Å². The van der Waals surface area contributed by atoms with Crippen LogP contribution in [-0.4, -0.2) is 17.9 Å². The first-order chi connectivity index (χ1) is 9.98. The van der Waals surface area contributed by atoms with Crippen LogP contribution in [0.1, 0.15) is 31.9 Å². The van der Waals surface area contributed by atoms with E-state index in [-0.39, 0.29) is 0 Å². The zero-order valence-electron chi connectivity index (χ0n) is 12.8. The largest absolute Gasteiger partial charge is 0.417 e. The monoisotopic (exact) mass is 315 g/mol. The van der Waals surface area contributed by atoms with Crippen LogP contribution >= 0.6 is 0 Å². The Hall–Kier alpha value is -1.61. The summed E-state index contributed by atoms with van der Waals surface area (Å²) in [7, 11) is 0. The average Bonchev–Trinajstić information content (AvgIpc) is 2.64. The summed E-state index contributed by atoms with van der Waals surface area (Å²) < 4.78 is 58.8. The lowest BCUT2D eigenvalue weighted by atomic mass is 9.66. The lowest BCUT2D eigenvalue weighted by Gasteiger charge is -2.36. The maximum atomic E-state index is 13.5. The van der Waals surface area contributed by atoms with E-state index in [9.17, 15) is 22.8 Å². The summed E-state index contributed by atoms with van der Waals surface area (Å²) in [5.41, 5.74) is -2.82. The van der Waals surface area contributed by atoms with Gasteiger partial charge >= 0.3 is 6.18 Å². The molecule has 1 heterocycles. The molecule has 4 atom stereocenters. The van der Waals surface area contributed by atoms with Gasteiger partial charge in [-0.3, -0.25) is 0 Å². The topological polar surface area (TPSA) is 33.0 Å². The fourth-order valence-corrected chi connectivity index (χ4v) is 3.12. The lowest BCUT2D eigenvalue weighted by molar-refractivity contribution is -0.271. The quantitative estimate of drug-likeness (QED) is 0.725. The fourth-order valence-electron chi connectivity index (χ4n) is 3.12. The molecule has 0 bridgehead atoms. The molecule has 0 spiro atoms. The molecule has 6 heteroatoms. The minimum absolute atomic E-state index is 0.322. The highest BCUT2D eigenvalue weighted by atomic mass is 19.4. The first kappa shape index (κ1) is 16.8. The van der Waals surface area contributed by atoms with Gasteiger partial charge in [-0.1, -0.05) is 26.0 Å². The first-order valence-corrected chi connectivity index (χ1v) is 6.89. The summed E-state index contributed by atoms with van der Waals surface area (Å²) >= 11 is 0. The molecule has 1 fully saturated rings. The molecule has 120 valence electrons. The number of nitrogens with zero attached hydrogens (tertiary/aromatic N) is 1. The van der Waals surface area contributed by atoms with Crippen molar-refractivity contribution in [3.05, 3.63) is 35.1 Å². The van der Waals surface area contributed by atoms with Crippen molar-refractivity contribution in [2.24, 2.45) is 5.92 Å². The predicted octanol–water partition coefficient (Wildman–Crippen LogP) is 4.27. The summed E-state index contributed by atoms with van der Waals surface area (Å²) in [6, 6.07) is 5.95. The van der Waals surface area contributed by atoms with Crippen LogP contribution in [0.15, 0.2) is 18.2 Å². The van der Waals surface area contributed by atoms with E-state index in [1.54, 1.807) is 6.92 Å². The van der Waals surface area contributed by atoms with Gasteiger partial charge in [0.1, 0.15) is 5.82 Å². The van der Waals surface area contributed by atoms with Crippen molar-refractivity contribution >= 4 is 0 Å². The van der Waals surface area contributed by atoms with E-state index >= 15 is 0 Å². The molecule has 0 saturated carbocycles. The molecule has 0 aromatic heterocycles. The van der Waals surface area contributed by atoms with Crippen molar-refractivity contribution in [3.8, 4) is 6.07 Å². The van der Waals surface area contributed by atoms with E-state index in [0.29, 0.717) is 11.1 Å². The van der Waals surface area contributed by atoms with Crippen molar-refractivity contribution in [2.45, 2.75) is 51.0 Å². The van der Waals surface area contributed by atoms with E-state index in [1.165, 1.54) is 32.0 Å². The van der Waals surface area contributed by atoms with Crippen LogP contribution in [0.5, 0.6) is 0 Å². The number of aryl methyl sites for hydroxylation is 1. The van der Waals surface area contributed by atoms with Crippen molar-refractivity contribution in [3.63, 3.8) is 0 Å². The zero-order valence-corrected chi connectivity index (χ0v) is 12.8. The third-order valence-corrected chi connectivity index (χ3v) is 5.09. The molecule has 1 aliphatic heterocycles. The Labute approximate surface area is 126 Å². The Balaban J connectivity index is 2.61. The number of nitriles is 1. The molecule has 22 heavy (non-hydrogen) atoms. The molecule has 1 aromatic rings. The van der Waals surface area contributed by atoms with Gasteiger partial charge in [-0.25, -0.2) is 4.39 Å². The Morgan fingerprint density at radius 3 is 2.32 bits per heavy atom. The Morgan fingerprint density at radius 2 is 1.86 bits per heavy atom. The number of halogens is 4. The van der Waals surface area contributed by atoms with Gasteiger partial charge < -0.3 is 4.74 Å². The van der Waals surface area contributed by atoms with Gasteiger partial charge in [0.2, 0.25) is 0 Å². The highest BCUT2D eigenvalue weighted by Gasteiger charge is 2.68. The second-order valence-electron chi connectivity index (χ2n) is 6.20. The summed E-state index contributed by atoms with van der Waals surface area (Å²) in [5, 5.41) is 9.29. The number of alkyl halides is 3. The van der Waals surface area contributed by atoms with Gasteiger partial charge in [0, 0.05) is 11.3 Å². The molecule has 1 aromatic carbocycles. The molecule has 0 aliphatic carbocycles. The van der Waals surface area contributed by atoms with Gasteiger partial charge in [-0.2, -0.15) is 18.4 Å². The third-order valence-electron chi connectivity index (χ3n) is 5.09. The molecule has 1 aliphatic rings. The number of hydrogen-bond donors (Lipinski definition) is 0. The number of hydrogen-bond acceptors (Lipinski definition) is 2. The van der Waals surface area contributed by atoms with Gasteiger partial charge in [0.25, 0.3) is 0 Å². The fraction of sp³-hybridized carbons (Fsp3) is 0.562. The normalized spacial score (nSPS) is 35.4. The van der Waals surface area contributed by atoms with Crippen LogP contribution in [-0.2, 0) is 10.2 Å². The summed E-state index contributed by atoms with van der Waals surface area (Å²) in [4.78, 5) is 0. The van der Waals surface area contributed by atoms with Crippen molar-refractivity contribution in [2.75, 3.05) is 0 Å². The second kappa shape index (κ2) is 4.95. The molecular weight excluding hydrogens is 298 g/mol. The summed E-state index contributed by atoms with van der Waals surface area (Å²) in [6.07, 6.45) is -5.87. The zero-order chi connectivity index (χ0) is 16.9. The second-order valence-corrected chi connectivity index (χ2v) is 6.20. The molecule has 0 amide bonds. The van der Waals surface area contributed by atoms with Gasteiger partial charge in [-0.05, 0) is 31.0 Å². The Kier molecular flexibility index (Phi) is 3.77. The van der Waals surface area contributed by atoms with Gasteiger partial charge in [0.05, 0.1) is 6.07 Å². The van der Waals surface area contributed by atoms with Crippen LogP contribution in [0.25, 0.3) is 0 Å². The standard InChI is InChI=1S/C16H17F4NO/c1-9-7-11(5-6-12(9)17)14(3)10(2)15(4,16(18,19)20)22-13(14)8-21/h5-7,10,13H,1-4H3/t10-,13-,14-,15+/m0/s1. The first-order valence-electron chi connectivity index (χ1n) is 6.89. The lowest BCUT2D eigenvalue weighted by Crippen LogP contribution is -2.49.